The van der Waals surface area contributed by atoms with Gasteiger partial charge in [-0.05, 0) is 68.7 Å². The summed E-state index contributed by atoms with van der Waals surface area (Å²) < 4.78 is 45.8. The summed E-state index contributed by atoms with van der Waals surface area (Å²) in [5.41, 5.74) is 1.73. The molecule has 0 fully saturated rings. The highest BCUT2D eigenvalue weighted by Crippen LogP contribution is 2.36. The van der Waals surface area contributed by atoms with E-state index >= 15 is 0 Å². The fraction of sp³-hybridized carbons (Fsp3) is 0.394. The summed E-state index contributed by atoms with van der Waals surface area (Å²) in [7, 11) is 0.148. The van der Waals surface area contributed by atoms with E-state index in [1.165, 1.54) is 37.3 Å². The van der Waals surface area contributed by atoms with Gasteiger partial charge in [-0.25, -0.2) is 8.42 Å². The zero-order chi connectivity index (χ0) is 32.4. The van der Waals surface area contributed by atoms with Gasteiger partial charge in [0.2, 0.25) is 11.8 Å². The van der Waals surface area contributed by atoms with E-state index in [-0.39, 0.29) is 34.8 Å². The van der Waals surface area contributed by atoms with E-state index in [9.17, 15) is 18.0 Å². The lowest BCUT2D eigenvalue weighted by Gasteiger charge is -2.34. The number of nitrogens with zero attached hydrogens (tertiary/aromatic N) is 2. The molecule has 2 atom stereocenters. The van der Waals surface area contributed by atoms with E-state index in [1.54, 1.807) is 49.6 Å². The van der Waals surface area contributed by atoms with Gasteiger partial charge in [-0.3, -0.25) is 13.9 Å². The number of carbonyl (C=O) groups is 2. The molecule has 3 aromatic carbocycles. The summed E-state index contributed by atoms with van der Waals surface area (Å²) in [6.45, 7) is 6.98. The molecule has 11 heteroatoms. The van der Waals surface area contributed by atoms with Crippen LogP contribution in [0.2, 0.25) is 0 Å². The number of rotatable bonds is 15. The van der Waals surface area contributed by atoms with Crippen molar-refractivity contribution in [1.29, 1.82) is 0 Å². The van der Waals surface area contributed by atoms with Gasteiger partial charge < -0.3 is 24.4 Å². The topological polar surface area (TPSA) is 114 Å². The third-order valence-electron chi connectivity index (χ3n) is 7.42. The van der Waals surface area contributed by atoms with Gasteiger partial charge in [0.1, 0.15) is 29.8 Å². The molecule has 3 aromatic rings. The van der Waals surface area contributed by atoms with Crippen LogP contribution >= 0.6 is 0 Å². The molecule has 0 spiro atoms. The van der Waals surface area contributed by atoms with E-state index in [0.717, 1.165) is 15.4 Å². The zero-order valence-corrected chi connectivity index (χ0v) is 27.3. The van der Waals surface area contributed by atoms with Crippen molar-refractivity contribution in [1.82, 2.24) is 10.2 Å². The molecule has 2 unspecified atom stereocenters. The van der Waals surface area contributed by atoms with Crippen molar-refractivity contribution in [2.75, 3.05) is 32.2 Å². The molecular formula is C33H43N3O7S. The zero-order valence-electron chi connectivity index (χ0n) is 26.5. The summed E-state index contributed by atoms with van der Waals surface area (Å²) >= 11 is 0. The number of methoxy groups -OCH3 is 3. The Bertz CT molecular complexity index is 1530. The average molecular weight is 626 g/mol. The highest BCUT2D eigenvalue weighted by Gasteiger charge is 2.35. The van der Waals surface area contributed by atoms with E-state index in [0.29, 0.717) is 24.3 Å². The first-order chi connectivity index (χ1) is 21.0. The maximum absolute atomic E-state index is 14.4. The van der Waals surface area contributed by atoms with E-state index in [2.05, 4.69) is 5.32 Å². The summed E-state index contributed by atoms with van der Waals surface area (Å²) in [6, 6.07) is 17.3. The molecule has 2 amide bonds. The lowest BCUT2D eigenvalue weighted by Crippen LogP contribution is -2.53. The van der Waals surface area contributed by atoms with Crippen LogP contribution in [0, 0.1) is 6.92 Å². The van der Waals surface area contributed by atoms with Crippen LogP contribution in [0.1, 0.15) is 44.7 Å². The minimum Gasteiger partial charge on any atom is -0.497 e. The van der Waals surface area contributed by atoms with Crippen molar-refractivity contribution in [3.63, 3.8) is 0 Å². The minimum absolute atomic E-state index is 0.00155. The standard InChI is InChI=1S/C33H43N3O7S/c1-8-24(4)34-33(38)29(9-2)35(21-25-11-10-12-26(19-25)41-5)32(37)22-36(30-20-27(42-6)15-18-31(30)43-7)44(39,40)28-16-13-23(3)14-17-28/h10-20,24,29H,8-9,21-22H2,1-7H3,(H,34,38). The number of hydrogen-bond acceptors (Lipinski definition) is 7. The van der Waals surface area contributed by atoms with Crippen LogP contribution in [0.5, 0.6) is 17.2 Å². The first kappa shape index (κ1) is 34.2. The fourth-order valence-electron chi connectivity index (χ4n) is 4.67. The second-order valence-corrected chi connectivity index (χ2v) is 12.3. The molecule has 0 aliphatic carbocycles. The minimum atomic E-state index is -4.29. The molecule has 0 heterocycles. The number of aryl methyl sites for hydroxylation is 1. The Morgan fingerprint density at radius 3 is 2.11 bits per heavy atom. The number of sulfonamides is 1. The average Bonchev–Trinajstić information content (AvgIpc) is 3.03. The van der Waals surface area contributed by atoms with Crippen LogP contribution in [0.15, 0.2) is 71.6 Å². The molecule has 10 nitrogen and oxygen atoms in total. The van der Waals surface area contributed by atoms with Crippen molar-refractivity contribution in [2.45, 2.75) is 64.1 Å². The molecule has 0 aliphatic rings. The summed E-state index contributed by atoms with van der Waals surface area (Å²) in [5.74, 6) is 0.321. The third-order valence-corrected chi connectivity index (χ3v) is 9.19. The van der Waals surface area contributed by atoms with Crippen LogP contribution < -0.4 is 23.8 Å². The molecule has 1 N–H and O–H groups in total. The van der Waals surface area contributed by atoms with Gasteiger partial charge >= 0.3 is 0 Å². The largest absolute Gasteiger partial charge is 0.497 e. The molecular weight excluding hydrogens is 582 g/mol. The van der Waals surface area contributed by atoms with Crippen molar-refractivity contribution < 1.29 is 32.2 Å². The van der Waals surface area contributed by atoms with Crippen molar-refractivity contribution in [2.24, 2.45) is 0 Å². The van der Waals surface area contributed by atoms with E-state index in [1.807, 2.05) is 33.8 Å². The molecule has 0 saturated carbocycles. The molecule has 3 rings (SSSR count). The Morgan fingerprint density at radius 2 is 1.52 bits per heavy atom. The number of benzene rings is 3. The second kappa shape index (κ2) is 15.5. The Labute approximate surface area is 261 Å². The molecule has 238 valence electrons. The van der Waals surface area contributed by atoms with Gasteiger partial charge in [-0.2, -0.15) is 0 Å². The predicted octanol–water partition coefficient (Wildman–Crippen LogP) is 4.94. The third kappa shape index (κ3) is 8.22. The lowest BCUT2D eigenvalue weighted by molar-refractivity contribution is -0.140. The smallest absolute Gasteiger partial charge is 0.264 e. The van der Waals surface area contributed by atoms with Crippen LogP contribution in [-0.4, -0.2) is 65.1 Å². The number of ether oxygens (including phenoxy) is 3. The number of carbonyl (C=O) groups excluding carboxylic acids is 2. The first-order valence-electron chi connectivity index (χ1n) is 14.5. The Hall–Kier alpha value is -4.25. The van der Waals surface area contributed by atoms with Crippen LogP contribution in [0.4, 0.5) is 5.69 Å². The normalized spacial score (nSPS) is 12.5. The van der Waals surface area contributed by atoms with Crippen molar-refractivity contribution in [3.05, 3.63) is 77.9 Å². The molecule has 0 bridgehead atoms. The molecule has 0 aliphatic heterocycles. The van der Waals surface area contributed by atoms with Gasteiger partial charge in [0, 0.05) is 18.7 Å². The Balaban J connectivity index is 2.16. The van der Waals surface area contributed by atoms with Crippen molar-refractivity contribution >= 4 is 27.5 Å². The lowest BCUT2D eigenvalue weighted by atomic mass is 10.1. The quantitative estimate of drug-likeness (QED) is 0.255. The molecule has 0 saturated heterocycles. The highest BCUT2D eigenvalue weighted by atomic mass is 32.2. The van der Waals surface area contributed by atoms with E-state index in [4.69, 9.17) is 14.2 Å². The van der Waals surface area contributed by atoms with E-state index < -0.39 is 28.5 Å². The number of anilines is 1. The van der Waals surface area contributed by atoms with Crippen LogP contribution in [0.25, 0.3) is 0 Å². The van der Waals surface area contributed by atoms with Crippen LogP contribution in [0.3, 0.4) is 0 Å². The van der Waals surface area contributed by atoms with Crippen molar-refractivity contribution in [3.8, 4) is 17.2 Å². The van der Waals surface area contributed by atoms with Gasteiger partial charge in [0.25, 0.3) is 10.0 Å². The second-order valence-electron chi connectivity index (χ2n) is 10.5. The summed E-state index contributed by atoms with van der Waals surface area (Å²) in [5, 5.41) is 2.98. The fourth-order valence-corrected chi connectivity index (χ4v) is 6.09. The molecule has 0 radical (unpaired) electrons. The monoisotopic (exact) mass is 625 g/mol. The van der Waals surface area contributed by atoms with Gasteiger partial charge in [-0.1, -0.05) is 43.7 Å². The summed E-state index contributed by atoms with van der Waals surface area (Å²) in [4.78, 5) is 29.3. The highest BCUT2D eigenvalue weighted by molar-refractivity contribution is 7.92. The number of nitrogens with one attached hydrogen (secondary N) is 1. The molecule has 0 aromatic heterocycles. The number of hydrogen-bond donors (Lipinski definition) is 1. The predicted molar refractivity (Wildman–Crippen MR) is 171 cm³/mol. The first-order valence-corrected chi connectivity index (χ1v) is 16.0. The Kier molecular flexibility index (Phi) is 12.0. The number of amides is 2. The Morgan fingerprint density at radius 1 is 0.864 bits per heavy atom. The van der Waals surface area contributed by atoms with Gasteiger partial charge in [0.15, 0.2) is 0 Å². The summed E-state index contributed by atoms with van der Waals surface area (Å²) in [6.07, 6.45) is 1.02. The SMILES string of the molecule is CCC(C)NC(=O)C(CC)N(Cc1cccc(OC)c1)C(=O)CN(c1cc(OC)ccc1OC)S(=O)(=O)c1ccc(C)cc1. The molecule has 44 heavy (non-hydrogen) atoms. The van der Waals surface area contributed by atoms with Crippen LogP contribution in [-0.2, 0) is 26.2 Å². The maximum Gasteiger partial charge on any atom is 0.264 e. The van der Waals surface area contributed by atoms with Gasteiger partial charge in [-0.15, -0.1) is 0 Å². The maximum atomic E-state index is 14.4. The van der Waals surface area contributed by atoms with Gasteiger partial charge in [0.05, 0.1) is 31.9 Å².